The van der Waals surface area contributed by atoms with E-state index in [2.05, 4.69) is 26.2 Å². The fraction of sp³-hybridized carbons (Fsp3) is 0.133. The number of hydrogen-bond acceptors (Lipinski definition) is 4. The van der Waals surface area contributed by atoms with E-state index >= 15 is 0 Å². The highest BCUT2D eigenvalue weighted by atomic mass is 79.9. The van der Waals surface area contributed by atoms with Crippen molar-refractivity contribution in [2.45, 2.75) is 13.8 Å². The fourth-order valence-corrected chi connectivity index (χ4v) is 2.76. The molecule has 0 fully saturated rings. The number of phenolic OH excluding ortho intramolecular Hbond substituents is 1. The van der Waals surface area contributed by atoms with Gasteiger partial charge in [-0.2, -0.15) is 0 Å². The van der Waals surface area contributed by atoms with Crippen molar-refractivity contribution in [1.82, 2.24) is 0 Å². The number of anilines is 1. The van der Waals surface area contributed by atoms with Crippen LogP contribution in [0, 0.1) is 13.8 Å². The maximum absolute atomic E-state index is 10.2. The largest absolute Gasteiger partial charge is 0.507 e. The summed E-state index contributed by atoms with van der Waals surface area (Å²) in [4.78, 5) is 4.39. The Hall–Kier alpha value is -2.01. The number of phenols is 1. The van der Waals surface area contributed by atoms with Crippen LogP contribution in [0.5, 0.6) is 5.75 Å². The number of halogens is 1. The average Bonchev–Trinajstić information content (AvgIpc) is 2.56. The van der Waals surface area contributed by atoms with Gasteiger partial charge in [-0.3, -0.25) is 0 Å². The molecule has 5 heteroatoms. The molecule has 3 rings (SSSR count). The molecule has 2 aromatic carbocycles. The Balaban J connectivity index is 2.45. The van der Waals surface area contributed by atoms with Crippen LogP contribution in [0.15, 0.2) is 33.7 Å². The normalized spacial score (nSPS) is 12.8. The first-order valence-electron chi connectivity index (χ1n) is 6.22. The van der Waals surface area contributed by atoms with E-state index in [1.807, 2.05) is 32.0 Å². The summed E-state index contributed by atoms with van der Waals surface area (Å²) in [6.07, 6.45) is 0. The van der Waals surface area contributed by atoms with Crippen molar-refractivity contribution < 1.29 is 5.11 Å². The molecule has 0 bridgehead atoms. The molecule has 4 nitrogen and oxygen atoms in total. The highest BCUT2D eigenvalue weighted by Crippen LogP contribution is 2.46. The van der Waals surface area contributed by atoms with Gasteiger partial charge in [-0.1, -0.05) is 28.1 Å². The van der Waals surface area contributed by atoms with Crippen LogP contribution in [0.1, 0.15) is 11.1 Å². The molecule has 4 N–H and O–H groups in total. The van der Waals surface area contributed by atoms with Gasteiger partial charge in [0.05, 0.1) is 16.9 Å². The van der Waals surface area contributed by atoms with Crippen LogP contribution >= 0.6 is 15.9 Å². The Bertz CT molecular complexity index is 753. The van der Waals surface area contributed by atoms with Crippen molar-refractivity contribution in [3.63, 3.8) is 0 Å². The number of aryl methyl sites for hydroxylation is 1. The third-order valence-electron chi connectivity index (χ3n) is 3.51. The van der Waals surface area contributed by atoms with Crippen molar-refractivity contribution in [1.29, 1.82) is 0 Å². The van der Waals surface area contributed by atoms with E-state index in [1.54, 1.807) is 6.07 Å². The lowest BCUT2D eigenvalue weighted by Gasteiger charge is -2.15. The Kier molecular flexibility index (Phi) is 2.94. The van der Waals surface area contributed by atoms with E-state index in [9.17, 15) is 5.11 Å². The minimum Gasteiger partial charge on any atom is -0.507 e. The number of benzene rings is 2. The van der Waals surface area contributed by atoms with Gasteiger partial charge in [0.25, 0.3) is 0 Å². The summed E-state index contributed by atoms with van der Waals surface area (Å²) in [7, 11) is 0. The second-order valence-corrected chi connectivity index (χ2v) is 5.70. The van der Waals surface area contributed by atoms with Gasteiger partial charge in [-0.25, -0.2) is 4.99 Å². The second kappa shape index (κ2) is 4.52. The van der Waals surface area contributed by atoms with Crippen LogP contribution in [-0.2, 0) is 0 Å². The first-order chi connectivity index (χ1) is 9.49. The molecule has 0 spiro atoms. The summed E-state index contributed by atoms with van der Waals surface area (Å²) < 4.78 is 0.979. The Morgan fingerprint density at radius 1 is 1.20 bits per heavy atom. The molecule has 1 aliphatic heterocycles. The number of fused-ring (bicyclic) bond motifs is 3. The molecule has 0 atom stereocenters. The van der Waals surface area contributed by atoms with Crippen molar-refractivity contribution in [2.75, 3.05) is 5.32 Å². The molecule has 1 aliphatic rings. The minimum atomic E-state index is 0.203. The van der Waals surface area contributed by atoms with Gasteiger partial charge in [-0.15, -0.1) is 0 Å². The van der Waals surface area contributed by atoms with Crippen LogP contribution < -0.4 is 11.1 Å². The SMILES string of the molecule is Cc1ccc(O)c2c1N=C(N)Nc1c-2ccc(Br)c1C. The molecule has 20 heavy (non-hydrogen) atoms. The van der Waals surface area contributed by atoms with Crippen LogP contribution in [0.25, 0.3) is 11.1 Å². The van der Waals surface area contributed by atoms with Crippen LogP contribution in [-0.4, -0.2) is 11.1 Å². The van der Waals surface area contributed by atoms with Gasteiger partial charge in [0.15, 0.2) is 5.96 Å². The van der Waals surface area contributed by atoms with Crippen molar-refractivity contribution in [3.05, 3.63) is 39.9 Å². The molecule has 1 heterocycles. The summed E-state index contributed by atoms with van der Waals surface area (Å²) in [5.41, 5.74) is 11.1. The Morgan fingerprint density at radius 3 is 2.70 bits per heavy atom. The average molecular weight is 332 g/mol. The monoisotopic (exact) mass is 331 g/mol. The zero-order chi connectivity index (χ0) is 14.4. The van der Waals surface area contributed by atoms with Crippen LogP contribution in [0.2, 0.25) is 0 Å². The molecule has 0 saturated heterocycles. The maximum Gasteiger partial charge on any atom is 0.198 e. The molecule has 102 valence electrons. The van der Waals surface area contributed by atoms with E-state index in [-0.39, 0.29) is 5.75 Å². The number of nitrogens with two attached hydrogens (primary N) is 1. The third kappa shape index (κ3) is 1.86. The predicted molar refractivity (Wildman–Crippen MR) is 85.6 cm³/mol. The quantitative estimate of drug-likeness (QED) is 0.687. The zero-order valence-corrected chi connectivity index (χ0v) is 12.7. The number of aromatic hydroxyl groups is 1. The maximum atomic E-state index is 10.2. The van der Waals surface area contributed by atoms with Gasteiger partial charge in [-0.05, 0) is 37.1 Å². The lowest BCUT2D eigenvalue weighted by molar-refractivity contribution is 0.477. The van der Waals surface area contributed by atoms with Gasteiger partial charge in [0.2, 0.25) is 0 Å². The number of guanidine groups is 1. The smallest absolute Gasteiger partial charge is 0.198 e. The highest BCUT2D eigenvalue weighted by molar-refractivity contribution is 9.10. The minimum absolute atomic E-state index is 0.203. The Labute approximate surface area is 125 Å². The van der Waals surface area contributed by atoms with E-state index in [4.69, 9.17) is 5.73 Å². The lowest BCUT2D eigenvalue weighted by Crippen LogP contribution is -2.22. The number of nitrogens with one attached hydrogen (secondary N) is 1. The molecular weight excluding hydrogens is 318 g/mol. The summed E-state index contributed by atoms with van der Waals surface area (Å²) in [6, 6.07) is 7.43. The van der Waals surface area contributed by atoms with Gasteiger partial charge in [0, 0.05) is 10.0 Å². The summed E-state index contributed by atoms with van der Waals surface area (Å²) in [5, 5.41) is 13.4. The van der Waals surface area contributed by atoms with Gasteiger partial charge < -0.3 is 16.2 Å². The molecule has 0 amide bonds. The second-order valence-electron chi connectivity index (χ2n) is 4.84. The first-order valence-corrected chi connectivity index (χ1v) is 7.01. The standard InChI is InChI=1S/C15H14BrN3O/c1-7-3-6-11(20)12-9-4-5-10(16)8(2)14(9)19-15(17)18-13(7)12/h3-6,20H,1-2H3,(H3,17,18,19). The third-order valence-corrected chi connectivity index (χ3v) is 4.37. The van der Waals surface area contributed by atoms with Gasteiger partial charge in [0.1, 0.15) is 5.75 Å². The summed E-state index contributed by atoms with van der Waals surface area (Å²) in [5.74, 6) is 0.522. The number of hydrogen-bond donors (Lipinski definition) is 3. The van der Waals surface area contributed by atoms with Crippen LogP contribution in [0.4, 0.5) is 11.4 Å². The summed E-state index contributed by atoms with van der Waals surface area (Å²) >= 11 is 3.51. The van der Waals surface area contributed by atoms with Gasteiger partial charge >= 0.3 is 0 Å². The van der Waals surface area contributed by atoms with E-state index < -0.39 is 0 Å². The molecule has 0 aromatic heterocycles. The van der Waals surface area contributed by atoms with Crippen LogP contribution in [0.3, 0.4) is 0 Å². The zero-order valence-electron chi connectivity index (χ0n) is 11.2. The molecule has 0 unspecified atom stereocenters. The van der Waals surface area contributed by atoms with Crippen molar-refractivity contribution in [2.24, 2.45) is 10.7 Å². The number of rotatable bonds is 0. The number of nitrogens with zero attached hydrogens (tertiary/aromatic N) is 1. The predicted octanol–water partition coefficient (Wildman–Crippen LogP) is 3.81. The fourth-order valence-electron chi connectivity index (χ4n) is 2.43. The molecule has 0 saturated carbocycles. The Morgan fingerprint density at radius 2 is 1.95 bits per heavy atom. The molecular formula is C15H14BrN3O. The van der Waals surface area contributed by atoms with E-state index in [0.29, 0.717) is 17.2 Å². The topological polar surface area (TPSA) is 70.6 Å². The highest BCUT2D eigenvalue weighted by Gasteiger charge is 2.21. The van der Waals surface area contributed by atoms with E-state index in [1.165, 1.54) is 0 Å². The first kappa shape index (κ1) is 13.0. The molecule has 2 aromatic rings. The lowest BCUT2D eigenvalue weighted by atomic mass is 9.96. The van der Waals surface area contributed by atoms with Crippen molar-refractivity contribution in [3.8, 4) is 16.9 Å². The van der Waals surface area contributed by atoms with Crippen molar-refractivity contribution >= 4 is 33.3 Å². The van der Waals surface area contributed by atoms with E-state index in [0.717, 1.165) is 26.9 Å². The number of aliphatic imine (C=N–C) groups is 1. The molecule has 0 radical (unpaired) electrons. The molecule has 0 aliphatic carbocycles. The summed E-state index contributed by atoms with van der Waals surface area (Å²) in [6.45, 7) is 3.94.